The van der Waals surface area contributed by atoms with Crippen molar-refractivity contribution in [2.24, 2.45) is 0 Å². The Morgan fingerprint density at radius 2 is 1.29 bits per heavy atom. The Hall–Kier alpha value is -2.30. The van der Waals surface area contributed by atoms with Crippen molar-refractivity contribution in [2.45, 2.75) is 117 Å². The van der Waals surface area contributed by atoms with E-state index in [9.17, 15) is 9.59 Å². The number of fused-ring (bicyclic) bond motifs is 1. The summed E-state index contributed by atoms with van der Waals surface area (Å²) in [6, 6.07) is 6.85. The van der Waals surface area contributed by atoms with Crippen LogP contribution in [0.2, 0.25) is 0 Å². The first-order valence-corrected chi connectivity index (χ1v) is 14.0. The van der Waals surface area contributed by atoms with E-state index in [0.717, 1.165) is 6.42 Å². The van der Waals surface area contributed by atoms with Crippen LogP contribution in [0.3, 0.4) is 0 Å². The molecule has 0 aliphatic rings. The molecule has 0 radical (unpaired) electrons. The quantitative estimate of drug-likeness (QED) is 0.106. The SMILES string of the molecule is CCCCCCCCCCCCCCCCCCOc1ccc2cc(C(=O)OCC)c(=O)oc2c1. The van der Waals surface area contributed by atoms with E-state index < -0.39 is 11.6 Å². The molecule has 0 aliphatic carbocycles. The van der Waals surface area contributed by atoms with Gasteiger partial charge in [0.2, 0.25) is 0 Å². The van der Waals surface area contributed by atoms with Crippen LogP contribution >= 0.6 is 0 Å². The second-order valence-corrected chi connectivity index (χ2v) is 9.52. The number of rotatable bonds is 20. The molecule has 0 unspecified atom stereocenters. The highest BCUT2D eigenvalue weighted by Gasteiger charge is 2.15. The maximum Gasteiger partial charge on any atom is 0.351 e. The number of ether oxygens (including phenoxy) is 2. The summed E-state index contributed by atoms with van der Waals surface area (Å²) in [5.41, 5.74) is -0.361. The van der Waals surface area contributed by atoms with Crippen molar-refractivity contribution in [3.8, 4) is 5.75 Å². The van der Waals surface area contributed by atoms with Gasteiger partial charge >= 0.3 is 11.6 Å². The average Bonchev–Trinajstić information content (AvgIpc) is 2.85. The molecule has 0 bridgehead atoms. The van der Waals surface area contributed by atoms with Crippen molar-refractivity contribution in [3.63, 3.8) is 0 Å². The topological polar surface area (TPSA) is 65.7 Å². The van der Waals surface area contributed by atoms with E-state index in [-0.39, 0.29) is 12.2 Å². The minimum Gasteiger partial charge on any atom is -0.493 e. The molecule has 0 spiro atoms. The lowest BCUT2D eigenvalue weighted by atomic mass is 10.0. The highest BCUT2D eigenvalue weighted by Crippen LogP contribution is 2.21. The molecular formula is C30H46O5. The predicted molar refractivity (Wildman–Crippen MR) is 143 cm³/mol. The van der Waals surface area contributed by atoms with Crippen LogP contribution in [-0.2, 0) is 4.74 Å². The van der Waals surface area contributed by atoms with Crippen LogP contribution in [0.1, 0.15) is 127 Å². The first-order chi connectivity index (χ1) is 17.2. The van der Waals surface area contributed by atoms with Gasteiger partial charge in [-0.25, -0.2) is 9.59 Å². The summed E-state index contributed by atoms with van der Waals surface area (Å²) >= 11 is 0. The fourth-order valence-corrected chi connectivity index (χ4v) is 4.37. The monoisotopic (exact) mass is 486 g/mol. The molecule has 35 heavy (non-hydrogen) atoms. The van der Waals surface area contributed by atoms with E-state index >= 15 is 0 Å². The number of esters is 1. The molecule has 5 heteroatoms. The fourth-order valence-electron chi connectivity index (χ4n) is 4.37. The van der Waals surface area contributed by atoms with Crippen molar-refractivity contribution in [2.75, 3.05) is 13.2 Å². The Balaban J connectivity index is 1.50. The molecule has 0 fully saturated rings. The molecule has 0 amide bonds. The average molecular weight is 487 g/mol. The van der Waals surface area contributed by atoms with Crippen LogP contribution in [0, 0.1) is 0 Å². The Kier molecular flexibility index (Phi) is 14.9. The second-order valence-electron chi connectivity index (χ2n) is 9.52. The minimum absolute atomic E-state index is 0.0822. The minimum atomic E-state index is -0.689. The lowest BCUT2D eigenvalue weighted by Gasteiger charge is -2.08. The number of hydrogen-bond acceptors (Lipinski definition) is 5. The summed E-state index contributed by atoms with van der Waals surface area (Å²) in [7, 11) is 0. The fraction of sp³-hybridized carbons (Fsp3) is 0.667. The van der Waals surface area contributed by atoms with Gasteiger partial charge < -0.3 is 13.9 Å². The van der Waals surface area contributed by atoms with Crippen molar-refractivity contribution < 1.29 is 18.7 Å². The molecule has 5 nitrogen and oxygen atoms in total. The lowest BCUT2D eigenvalue weighted by molar-refractivity contribution is 0.0522. The van der Waals surface area contributed by atoms with Crippen molar-refractivity contribution in [3.05, 3.63) is 40.2 Å². The van der Waals surface area contributed by atoms with E-state index in [1.807, 2.05) is 6.07 Å². The van der Waals surface area contributed by atoms with Crippen LogP contribution < -0.4 is 10.4 Å². The van der Waals surface area contributed by atoms with Gasteiger partial charge in [-0.15, -0.1) is 0 Å². The third kappa shape index (κ3) is 11.8. The van der Waals surface area contributed by atoms with E-state index in [1.165, 1.54) is 102 Å². The molecule has 1 heterocycles. The molecule has 0 atom stereocenters. The Morgan fingerprint density at radius 1 is 0.743 bits per heavy atom. The summed E-state index contributed by atoms with van der Waals surface area (Å²) < 4.78 is 16.0. The number of carbonyl (C=O) groups excluding carboxylic acids is 1. The van der Waals surface area contributed by atoms with Gasteiger partial charge in [0, 0.05) is 11.5 Å². The van der Waals surface area contributed by atoms with Crippen LogP contribution in [0.15, 0.2) is 33.5 Å². The largest absolute Gasteiger partial charge is 0.493 e. The first kappa shape index (κ1) is 28.9. The van der Waals surface area contributed by atoms with Gasteiger partial charge in [0.15, 0.2) is 0 Å². The van der Waals surface area contributed by atoms with Gasteiger partial charge in [0.1, 0.15) is 16.9 Å². The zero-order valence-electron chi connectivity index (χ0n) is 22.1. The summed E-state index contributed by atoms with van der Waals surface area (Å²) in [4.78, 5) is 23.9. The van der Waals surface area contributed by atoms with Crippen LogP contribution in [0.25, 0.3) is 11.0 Å². The molecule has 2 rings (SSSR count). The van der Waals surface area contributed by atoms with E-state index in [1.54, 1.807) is 19.1 Å². The lowest BCUT2D eigenvalue weighted by Crippen LogP contribution is -2.16. The van der Waals surface area contributed by atoms with Crippen LogP contribution in [-0.4, -0.2) is 19.2 Å². The van der Waals surface area contributed by atoms with Gasteiger partial charge in [-0.2, -0.15) is 0 Å². The molecule has 0 N–H and O–H groups in total. The maximum absolute atomic E-state index is 12.1. The number of hydrogen-bond donors (Lipinski definition) is 0. The zero-order chi connectivity index (χ0) is 25.1. The molecule has 0 saturated carbocycles. The standard InChI is InChI=1S/C30H46O5/c1-3-5-6-7-8-9-10-11-12-13-14-15-16-17-18-19-22-34-26-21-20-25-23-27(29(31)33-4-2)30(32)35-28(25)24-26/h20-21,23-24H,3-19,22H2,1-2H3. The summed E-state index contributed by atoms with van der Waals surface area (Å²) in [6.45, 7) is 4.83. The van der Waals surface area contributed by atoms with Crippen LogP contribution in [0.4, 0.5) is 0 Å². The highest BCUT2D eigenvalue weighted by atomic mass is 16.5. The molecule has 1 aromatic heterocycles. The van der Waals surface area contributed by atoms with Crippen molar-refractivity contribution in [1.29, 1.82) is 0 Å². The highest BCUT2D eigenvalue weighted by molar-refractivity contribution is 5.93. The molecule has 2 aromatic rings. The molecule has 0 aliphatic heterocycles. The van der Waals surface area contributed by atoms with Crippen molar-refractivity contribution in [1.82, 2.24) is 0 Å². The second kappa shape index (κ2) is 18.0. The molecular weight excluding hydrogens is 440 g/mol. The summed E-state index contributed by atoms with van der Waals surface area (Å²) in [5, 5.41) is 0.669. The molecule has 196 valence electrons. The van der Waals surface area contributed by atoms with Gasteiger partial charge in [-0.05, 0) is 31.5 Å². The Labute approximate surface area is 211 Å². The summed E-state index contributed by atoms with van der Waals surface area (Å²) in [5.74, 6) is 0.0115. The zero-order valence-corrected chi connectivity index (χ0v) is 22.1. The molecule has 0 saturated heterocycles. The Bertz CT molecular complexity index is 901. The predicted octanol–water partition coefficient (Wildman–Crippen LogP) is 8.61. The Morgan fingerprint density at radius 3 is 1.83 bits per heavy atom. The van der Waals surface area contributed by atoms with Gasteiger partial charge in [-0.3, -0.25) is 0 Å². The number of benzene rings is 1. The van der Waals surface area contributed by atoms with Crippen LogP contribution in [0.5, 0.6) is 5.75 Å². The third-order valence-electron chi connectivity index (χ3n) is 6.47. The number of unbranched alkanes of at least 4 members (excludes halogenated alkanes) is 15. The molecule has 1 aromatic carbocycles. The van der Waals surface area contributed by atoms with Crippen molar-refractivity contribution >= 4 is 16.9 Å². The first-order valence-electron chi connectivity index (χ1n) is 14.0. The van der Waals surface area contributed by atoms with E-state index in [2.05, 4.69) is 6.92 Å². The van der Waals surface area contributed by atoms with E-state index in [4.69, 9.17) is 13.9 Å². The van der Waals surface area contributed by atoms with E-state index in [0.29, 0.717) is 23.3 Å². The summed E-state index contributed by atoms with van der Waals surface area (Å²) in [6.07, 6.45) is 21.5. The van der Waals surface area contributed by atoms with Gasteiger partial charge in [-0.1, -0.05) is 103 Å². The maximum atomic E-state index is 12.1. The normalized spacial score (nSPS) is 11.1. The van der Waals surface area contributed by atoms with Gasteiger partial charge in [0.05, 0.1) is 13.2 Å². The third-order valence-corrected chi connectivity index (χ3v) is 6.47. The van der Waals surface area contributed by atoms with Gasteiger partial charge in [0.25, 0.3) is 0 Å². The smallest absolute Gasteiger partial charge is 0.351 e. The number of carbonyl (C=O) groups is 1.